The van der Waals surface area contributed by atoms with Crippen LogP contribution >= 0.6 is 11.6 Å². The van der Waals surface area contributed by atoms with Crippen LogP contribution in [0.5, 0.6) is 0 Å². The lowest BCUT2D eigenvalue weighted by Crippen LogP contribution is -2.32. The zero-order valence-corrected chi connectivity index (χ0v) is 18.4. The standard InChI is InChI=1S/C24H26ClNO4/c1-24(2,3)17-9-5-15(6-10-17)20-19(21(27)16-7-11-18(25)12-8-16)22(28)23(29)26(20)13-14-30-4/h5-12,20,27H,13-14H2,1-4H3/t20-/m0/s1. The summed E-state index contributed by atoms with van der Waals surface area (Å²) < 4.78 is 5.13. The van der Waals surface area contributed by atoms with Crippen molar-refractivity contribution < 1.29 is 19.4 Å². The van der Waals surface area contributed by atoms with Gasteiger partial charge < -0.3 is 14.7 Å². The van der Waals surface area contributed by atoms with Crippen LogP contribution in [0, 0.1) is 0 Å². The molecule has 0 saturated carbocycles. The predicted molar refractivity (Wildman–Crippen MR) is 117 cm³/mol. The van der Waals surface area contributed by atoms with E-state index in [2.05, 4.69) is 20.8 Å². The maximum absolute atomic E-state index is 12.9. The molecule has 1 aliphatic heterocycles. The van der Waals surface area contributed by atoms with E-state index >= 15 is 0 Å². The first-order valence-corrected chi connectivity index (χ1v) is 10.2. The van der Waals surface area contributed by atoms with E-state index in [0.717, 1.165) is 11.1 Å². The predicted octanol–water partition coefficient (Wildman–Crippen LogP) is 4.71. The van der Waals surface area contributed by atoms with E-state index in [-0.39, 0.29) is 29.9 Å². The molecule has 0 spiro atoms. The number of hydrogen-bond donors (Lipinski definition) is 1. The van der Waals surface area contributed by atoms with E-state index in [1.807, 2.05) is 24.3 Å². The van der Waals surface area contributed by atoms with Crippen molar-refractivity contribution in [3.05, 3.63) is 75.8 Å². The zero-order valence-electron chi connectivity index (χ0n) is 17.6. The molecule has 5 nitrogen and oxygen atoms in total. The van der Waals surface area contributed by atoms with Crippen LogP contribution in [-0.4, -0.2) is 42.0 Å². The first kappa shape index (κ1) is 22.1. The number of benzene rings is 2. The number of aliphatic hydroxyl groups excluding tert-OH is 1. The number of methoxy groups -OCH3 is 1. The van der Waals surface area contributed by atoms with Gasteiger partial charge in [-0.15, -0.1) is 0 Å². The van der Waals surface area contributed by atoms with Crippen molar-refractivity contribution in [2.75, 3.05) is 20.3 Å². The van der Waals surface area contributed by atoms with Crippen LogP contribution < -0.4 is 0 Å². The molecule has 3 rings (SSSR count). The molecule has 0 bridgehead atoms. The summed E-state index contributed by atoms with van der Waals surface area (Å²) in [6.45, 7) is 6.88. The molecule has 2 aromatic rings. The molecule has 1 heterocycles. The van der Waals surface area contributed by atoms with Crippen LogP contribution in [0.25, 0.3) is 5.76 Å². The highest BCUT2D eigenvalue weighted by atomic mass is 35.5. The van der Waals surface area contributed by atoms with Gasteiger partial charge in [0.25, 0.3) is 11.7 Å². The number of ether oxygens (including phenoxy) is 1. The molecule has 1 atom stereocenters. The molecule has 1 aliphatic rings. The van der Waals surface area contributed by atoms with Gasteiger partial charge in [-0.05, 0) is 40.8 Å². The lowest BCUT2D eigenvalue weighted by atomic mass is 9.85. The summed E-state index contributed by atoms with van der Waals surface area (Å²) >= 11 is 5.94. The number of halogens is 1. The van der Waals surface area contributed by atoms with E-state index in [1.54, 1.807) is 24.3 Å². The lowest BCUT2D eigenvalue weighted by molar-refractivity contribution is -0.140. The molecular weight excluding hydrogens is 402 g/mol. The molecule has 30 heavy (non-hydrogen) atoms. The van der Waals surface area contributed by atoms with Crippen LogP contribution in [0.3, 0.4) is 0 Å². The number of Topliss-reactive ketones (excluding diaryl/α,β-unsaturated/α-hetero) is 1. The van der Waals surface area contributed by atoms with E-state index in [1.165, 1.54) is 12.0 Å². The van der Waals surface area contributed by atoms with Crippen LogP contribution in [-0.2, 0) is 19.7 Å². The highest BCUT2D eigenvalue weighted by Gasteiger charge is 2.45. The number of aliphatic hydroxyl groups is 1. The van der Waals surface area contributed by atoms with Gasteiger partial charge in [-0.25, -0.2) is 0 Å². The van der Waals surface area contributed by atoms with Gasteiger partial charge in [0.05, 0.1) is 18.2 Å². The fourth-order valence-electron chi connectivity index (χ4n) is 3.58. The third-order valence-electron chi connectivity index (χ3n) is 5.29. The molecule has 0 unspecified atom stereocenters. The second-order valence-corrected chi connectivity index (χ2v) is 8.80. The Balaban J connectivity index is 2.13. The largest absolute Gasteiger partial charge is 0.507 e. The average molecular weight is 428 g/mol. The molecule has 0 aliphatic carbocycles. The first-order valence-electron chi connectivity index (χ1n) is 9.79. The number of carbonyl (C=O) groups excluding carboxylic acids is 2. The highest BCUT2D eigenvalue weighted by molar-refractivity contribution is 6.46. The van der Waals surface area contributed by atoms with Crippen molar-refractivity contribution in [2.24, 2.45) is 0 Å². The maximum Gasteiger partial charge on any atom is 0.295 e. The monoisotopic (exact) mass is 427 g/mol. The van der Waals surface area contributed by atoms with Crippen molar-refractivity contribution >= 4 is 29.1 Å². The Labute approximate surface area is 181 Å². The highest BCUT2D eigenvalue weighted by Crippen LogP contribution is 2.39. The van der Waals surface area contributed by atoms with Crippen LogP contribution in [0.15, 0.2) is 54.1 Å². The zero-order chi connectivity index (χ0) is 22.1. The molecule has 1 N–H and O–H groups in total. The Hall–Kier alpha value is -2.63. The summed E-state index contributed by atoms with van der Waals surface area (Å²) in [6, 6.07) is 13.6. The van der Waals surface area contributed by atoms with Gasteiger partial charge in [0.2, 0.25) is 0 Å². The summed E-state index contributed by atoms with van der Waals surface area (Å²) in [5, 5.41) is 11.5. The minimum absolute atomic E-state index is 0.0281. The Kier molecular flexibility index (Phi) is 6.34. The van der Waals surface area contributed by atoms with Gasteiger partial charge in [0, 0.05) is 24.2 Å². The van der Waals surface area contributed by atoms with E-state index in [9.17, 15) is 14.7 Å². The van der Waals surface area contributed by atoms with Crippen molar-refractivity contribution in [1.82, 2.24) is 4.90 Å². The molecule has 2 aromatic carbocycles. The fourth-order valence-corrected chi connectivity index (χ4v) is 3.70. The minimum atomic E-state index is -0.705. The fraction of sp³-hybridized carbons (Fsp3) is 0.333. The molecule has 1 amide bonds. The Morgan fingerprint density at radius 2 is 1.67 bits per heavy atom. The van der Waals surface area contributed by atoms with Crippen molar-refractivity contribution in [3.63, 3.8) is 0 Å². The van der Waals surface area contributed by atoms with Crippen molar-refractivity contribution in [3.8, 4) is 0 Å². The van der Waals surface area contributed by atoms with Gasteiger partial charge in [0.15, 0.2) is 0 Å². The second kappa shape index (κ2) is 8.62. The topological polar surface area (TPSA) is 66.8 Å². The number of rotatable bonds is 5. The van der Waals surface area contributed by atoms with Crippen LogP contribution in [0.4, 0.5) is 0 Å². The van der Waals surface area contributed by atoms with E-state index in [4.69, 9.17) is 16.3 Å². The van der Waals surface area contributed by atoms with Crippen molar-refractivity contribution in [1.29, 1.82) is 0 Å². The third kappa shape index (κ3) is 4.27. The summed E-state index contributed by atoms with van der Waals surface area (Å²) in [5.41, 5.74) is 2.37. The van der Waals surface area contributed by atoms with Gasteiger partial charge in [0.1, 0.15) is 5.76 Å². The van der Waals surface area contributed by atoms with Crippen molar-refractivity contribution in [2.45, 2.75) is 32.2 Å². The Morgan fingerprint density at radius 3 is 2.20 bits per heavy atom. The van der Waals surface area contributed by atoms with Gasteiger partial charge in [-0.1, -0.05) is 56.6 Å². The minimum Gasteiger partial charge on any atom is -0.507 e. The molecule has 1 saturated heterocycles. The molecule has 0 aromatic heterocycles. The van der Waals surface area contributed by atoms with Gasteiger partial charge >= 0.3 is 0 Å². The smallest absolute Gasteiger partial charge is 0.295 e. The van der Waals surface area contributed by atoms with Gasteiger partial charge in [-0.2, -0.15) is 0 Å². The lowest BCUT2D eigenvalue weighted by Gasteiger charge is -2.26. The third-order valence-corrected chi connectivity index (χ3v) is 5.54. The first-order chi connectivity index (χ1) is 14.1. The Morgan fingerprint density at radius 1 is 1.07 bits per heavy atom. The average Bonchev–Trinajstić information content (AvgIpc) is 2.96. The number of carbonyl (C=O) groups is 2. The number of likely N-dealkylation sites (tertiary alicyclic amines) is 1. The summed E-state index contributed by atoms with van der Waals surface area (Å²) in [7, 11) is 1.54. The number of hydrogen-bond acceptors (Lipinski definition) is 4. The van der Waals surface area contributed by atoms with Crippen LogP contribution in [0.2, 0.25) is 5.02 Å². The quantitative estimate of drug-likeness (QED) is 0.426. The molecular formula is C24H26ClNO4. The molecule has 0 radical (unpaired) electrons. The second-order valence-electron chi connectivity index (χ2n) is 8.36. The van der Waals surface area contributed by atoms with Crippen LogP contribution in [0.1, 0.15) is 43.5 Å². The molecule has 6 heteroatoms. The summed E-state index contributed by atoms with van der Waals surface area (Å²) in [4.78, 5) is 27.1. The van der Waals surface area contributed by atoms with Gasteiger partial charge in [-0.3, -0.25) is 9.59 Å². The normalized spacial score (nSPS) is 18.8. The number of amides is 1. The summed E-state index contributed by atoms with van der Waals surface area (Å²) in [5.74, 6) is -1.56. The Bertz CT molecular complexity index is 972. The maximum atomic E-state index is 12.9. The number of nitrogens with zero attached hydrogens (tertiary/aromatic N) is 1. The molecule has 1 fully saturated rings. The number of ketones is 1. The van der Waals surface area contributed by atoms with E-state index < -0.39 is 17.7 Å². The molecule has 158 valence electrons. The summed E-state index contributed by atoms with van der Waals surface area (Å²) in [6.07, 6.45) is 0. The van der Waals surface area contributed by atoms with E-state index in [0.29, 0.717) is 10.6 Å². The SMILES string of the molecule is COCCN1C(=O)C(=O)C(=C(O)c2ccc(Cl)cc2)[C@@H]1c1ccc(C(C)(C)C)cc1.